The molecule has 2 rings (SSSR count). The maximum atomic E-state index is 12.1. The fourth-order valence-corrected chi connectivity index (χ4v) is 3.89. The van der Waals surface area contributed by atoms with E-state index in [4.69, 9.17) is 5.11 Å². The second-order valence-electron chi connectivity index (χ2n) is 5.16. The molecule has 0 aromatic carbocycles. The number of thioether (sulfide) groups is 1. The van der Waals surface area contributed by atoms with Gasteiger partial charge in [-0.3, -0.25) is 9.69 Å². The minimum atomic E-state index is 0. The molecule has 2 fully saturated rings. The molecule has 0 bridgehead atoms. The van der Waals surface area contributed by atoms with Crippen LogP contribution in [0.5, 0.6) is 0 Å². The first-order valence-corrected chi connectivity index (χ1v) is 8.38. The van der Waals surface area contributed by atoms with Crippen molar-refractivity contribution in [1.29, 1.82) is 0 Å². The normalized spacial score (nSPS) is 24.2. The molecule has 0 aliphatic carbocycles. The summed E-state index contributed by atoms with van der Waals surface area (Å²) in [5, 5.41) is 12.4. The summed E-state index contributed by atoms with van der Waals surface area (Å²) in [7, 11) is 0. The molecule has 2 N–H and O–H groups in total. The van der Waals surface area contributed by atoms with Crippen molar-refractivity contribution in [2.75, 3.05) is 57.4 Å². The zero-order chi connectivity index (χ0) is 13.5. The van der Waals surface area contributed by atoms with Gasteiger partial charge in [-0.2, -0.15) is 11.8 Å². The molecule has 0 spiro atoms. The minimum Gasteiger partial charge on any atom is -0.396 e. The number of aliphatic hydroxyl groups excluding tert-OH is 1. The number of hydrogen-bond acceptors (Lipinski definition) is 5. The highest BCUT2D eigenvalue weighted by Crippen LogP contribution is 2.19. The lowest BCUT2D eigenvalue weighted by Gasteiger charge is -2.35. The lowest BCUT2D eigenvalue weighted by Crippen LogP contribution is -2.48. The smallest absolute Gasteiger partial charge is 0.223 e. The van der Waals surface area contributed by atoms with Gasteiger partial charge < -0.3 is 15.3 Å². The van der Waals surface area contributed by atoms with E-state index in [2.05, 4.69) is 10.2 Å². The molecular weight excluding hydrogens is 298 g/mol. The van der Waals surface area contributed by atoms with E-state index in [1.54, 1.807) is 0 Å². The molecule has 0 aromatic rings. The number of nitrogens with zero attached hydrogens (tertiary/aromatic N) is 2. The van der Waals surface area contributed by atoms with Crippen LogP contribution in [0.25, 0.3) is 0 Å². The van der Waals surface area contributed by atoms with E-state index in [9.17, 15) is 4.79 Å². The third kappa shape index (κ3) is 5.41. The van der Waals surface area contributed by atoms with Crippen LogP contribution in [-0.2, 0) is 4.79 Å². The second-order valence-corrected chi connectivity index (χ2v) is 6.31. The largest absolute Gasteiger partial charge is 0.396 e. The van der Waals surface area contributed by atoms with Gasteiger partial charge in [0.15, 0.2) is 0 Å². The molecule has 1 unspecified atom stereocenters. The Labute approximate surface area is 131 Å². The van der Waals surface area contributed by atoms with E-state index < -0.39 is 0 Å². The Morgan fingerprint density at radius 3 is 2.75 bits per heavy atom. The van der Waals surface area contributed by atoms with Gasteiger partial charge >= 0.3 is 0 Å². The maximum Gasteiger partial charge on any atom is 0.223 e. The summed E-state index contributed by atoms with van der Waals surface area (Å²) in [6.07, 6.45) is 1.45. The van der Waals surface area contributed by atoms with Crippen LogP contribution in [0.4, 0.5) is 0 Å². The van der Waals surface area contributed by atoms with Crippen LogP contribution in [0.3, 0.4) is 0 Å². The molecule has 2 heterocycles. The van der Waals surface area contributed by atoms with Crippen molar-refractivity contribution in [2.45, 2.75) is 18.9 Å². The zero-order valence-corrected chi connectivity index (χ0v) is 13.6. The van der Waals surface area contributed by atoms with E-state index >= 15 is 0 Å². The third-order valence-corrected chi connectivity index (χ3v) is 4.99. The van der Waals surface area contributed by atoms with Crippen LogP contribution >= 0.6 is 24.2 Å². The van der Waals surface area contributed by atoms with Crippen LogP contribution < -0.4 is 5.32 Å². The number of hydrogen-bond donors (Lipinski definition) is 2. The first-order chi connectivity index (χ1) is 9.31. The highest BCUT2D eigenvalue weighted by molar-refractivity contribution is 7.99. The van der Waals surface area contributed by atoms with Gasteiger partial charge in [0.25, 0.3) is 0 Å². The number of carbonyl (C=O) groups is 1. The monoisotopic (exact) mass is 323 g/mol. The number of halogens is 1. The summed E-state index contributed by atoms with van der Waals surface area (Å²) in [4.78, 5) is 16.5. The Bertz CT molecular complexity index is 289. The lowest BCUT2D eigenvalue weighted by molar-refractivity contribution is -0.132. The van der Waals surface area contributed by atoms with Gasteiger partial charge in [-0.1, -0.05) is 0 Å². The van der Waals surface area contributed by atoms with Gasteiger partial charge in [0.05, 0.1) is 0 Å². The van der Waals surface area contributed by atoms with Gasteiger partial charge in [0.2, 0.25) is 5.91 Å². The number of rotatable bonds is 5. The predicted molar refractivity (Wildman–Crippen MR) is 85.7 cm³/mol. The molecule has 20 heavy (non-hydrogen) atoms. The average molecular weight is 324 g/mol. The Hall–Kier alpha value is -0.0100. The predicted octanol–water partition coefficient (Wildman–Crippen LogP) is 0.0299. The summed E-state index contributed by atoms with van der Waals surface area (Å²) in [5.41, 5.74) is 0. The summed E-state index contributed by atoms with van der Waals surface area (Å²) in [6.45, 7) is 5.65. The Kier molecular flexibility index (Phi) is 8.88. The zero-order valence-electron chi connectivity index (χ0n) is 11.9. The fraction of sp³-hybridized carbons (Fsp3) is 0.923. The van der Waals surface area contributed by atoms with Gasteiger partial charge in [0.1, 0.15) is 0 Å². The Balaban J connectivity index is 0.00000200. The van der Waals surface area contributed by atoms with Crippen molar-refractivity contribution in [3.63, 3.8) is 0 Å². The molecule has 5 nitrogen and oxygen atoms in total. The quantitative estimate of drug-likeness (QED) is 0.747. The molecule has 2 saturated heterocycles. The number of aliphatic hydroxyl groups is 1. The van der Waals surface area contributed by atoms with Gasteiger partial charge in [0, 0.05) is 69.8 Å². The molecule has 118 valence electrons. The van der Waals surface area contributed by atoms with Crippen molar-refractivity contribution in [3.8, 4) is 0 Å². The average Bonchev–Trinajstić information content (AvgIpc) is 2.47. The number of carbonyl (C=O) groups excluding carboxylic acids is 1. The summed E-state index contributed by atoms with van der Waals surface area (Å²) in [6, 6.07) is 0.444. The molecule has 7 heteroatoms. The van der Waals surface area contributed by atoms with Crippen molar-refractivity contribution >= 4 is 30.1 Å². The Morgan fingerprint density at radius 1 is 1.30 bits per heavy atom. The molecule has 0 radical (unpaired) electrons. The fourth-order valence-electron chi connectivity index (χ4n) is 2.71. The Morgan fingerprint density at radius 2 is 2.05 bits per heavy atom. The maximum absolute atomic E-state index is 12.1. The number of nitrogens with one attached hydrogen (secondary N) is 1. The molecule has 1 atom stereocenters. The first-order valence-electron chi connectivity index (χ1n) is 7.22. The summed E-state index contributed by atoms with van der Waals surface area (Å²) >= 11 is 1.95. The number of amides is 1. The van der Waals surface area contributed by atoms with Crippen LogP contribution in [0.2, 0.25) is 0 Å². The van der Waals surface area contributed by atoms with Crippen molar-refractivity contribution in [3.05, 3.63) is 0 Å². The summed E-state index contributed by atoms with van der Waals surface area (Å²) < 4.78 is 0. The summed E-state index contributed by atoms with van der Waals surface area (Å²) in [5.74, 6) is 2.51. The van der Waals surface area contributed by atoms with Gasteiger partial charge in [-0.05, 0) is 6.42 Å². The van der Waals surface area contributed by atoms with Gasteiger partial charge in [-0.15, -0.1) is 12.4 Å². The van der Waals surface area contributed by atoms with E-state index in [0.29, 0.717) is 12.5 Å². The molecule has 2 aliphatic rings. The van der Waals surface area contributed by atoms with Crippen LogP contribution in [-0.4, -0.2) is 84.2 Å². The standard InChI is InChI=1S/C13H25N3O2S.ClH/c17-9-2-12-11-19-10-8-15(12)5-1-13(18)16-6-3-14-4-7-16;/h12,14,17H,1-11H2;1H. The number of piperazine rings is 1. The SMILES string of the molecule is Cl.O=C(CCN1CCSCC1CCO)N1CCNCC1. The van der Waals surface area contributed by atoms with Crippen LogP contribution in [0, 0.1) is 0 Å². The van der Waals surface area contributed by atoms with E-state index in [-0.39, 0.29) is 24.9 Å². The third-order valence-electron chi connectivity index (χ3n) is 3.89. The van der Waals surface area contributed by atoms with Crippen molar-refractivity contribution in [1.82, 2.24) is 15.1 Å². The molecular formula is C13H26ClN3O2S. The first kappa shape index (κ1) is 18.0. The highest BCUT2D eigenvalue weighted by atomic mass is 35.5. The highest BCUT2D eigenvalue weighted by Gasteiger charge is 2.24. The van der Waals surface area contributed by atoms with E-state index in [0.717, 1.165) is 57.2 Å². The minimum absolute atomic E-state index is 0. The van der Waals surface area contributed by atoms with Crippen LogP contribution in [0.15, 0.2) is 0 Å². The topological polar surface area (TPSA) is 55.8 Å². The molecule has 1 amide bonds. The van der Waals surface area contributed by atoms with E-state index in [1.807, 2.05) is 16.7 Å². The molecule has 0 aromatic heterocycles. The van der Waals surface area contributed by atoms with Gasteiger partial charge in [-0.25, -0.2) is 0 Å². The lowest BCUT2D eigenvalue weighted by atomic mass is 10.2. The van der Waals surface area contributed by atoms with Crippen molar-refractivity contribution in [2.24, 2.45) is 0 Å². The van der Waals surface area contributed by atoms with E-state index in [1.165, 1.54) is 0 Å². The van der Waals surface area contributed by atoms with Crippen LogP contribution in [0.1, 0.15) is 12.8 Å². The second kappa shape index (κ2) is 9.84. The molecule has 0 saturated carbocycles. The molecule has 2 aliphatic heterocycles. The van der Waals surface area contributed by atoms with Crippen molar-refractivity contribution < 1.29 is 9.90 Å².